The Balaban J connectivity index is 2.59. The van der Waals surface area contributed by atoms with Crippen molar-refractivity contribution in [1.29, 1.82) is 0 Å². The number of rotatable bonds is 3. The average Bonchev–Trinajstić information content (AvgIpc) is 2.15. The van der Waals surface area contributed by atoms with Crippen molar-refractivity contribution in [3.63, 3.8) is 0 Å². The molecule has 0 radical (unpaired) electrons. The largest absolute Gasteiger partial charge is 0.0919 e. The van der Waals surface area contributed by atoms with Crippen LogP contribution in [-0.4, -0.2) is 8.80 Å². The molecule has 12 heavy (non-hydrogen) atoms. The van der Waals surface area contributed by atoms with Gasteiger partial charge in [-0.15, -0.1) is 0 Å². The maximum absolute atomic E-state index is 2.40. The van der Waals surface area contributed by atoms with Gasteiger partial charge in [0.1, 0.15) is 0 Å². The van der Waals surface area contributed by atoms with E-state index in [1.807, 2.05) is 0 Å². The molecule has 0 aliphatic heterocycles. The molecule has 0 heterocycles. The molecule has 0 nitrogen and oxygen atoms in total. The molecule has 0 aromatic heterocycles. The van der Waals surface area contributed by atoms with E-state index in [1.54, 1.807) is 5.19 Å². The second-order valence-corrected chi connectivity index (χ2v) is 6.06. The van der Waals surface area contributed by atoms with Crippen LogP contribution in [0, 0.1) is 0 Å². The summed E-state index contributed by atoms with van der Waals surface area (Å²) in [5, 5.41) is 1.57. The van der Waals surface area contributed by atoms with Gasteiger partial charge < -0.3 is 0 Å². The van der Waals surface area contributed by atoms with Crippen LogP contribution in [0.15, 0.2) is 42.5 Å². The molecule has 64 valence electrons. The van der Waals surface area contributed by atoms with E-state index in [0.717, 1.165) is 0 Å². The second-order valence-electron chi connectivity index (χ2n) is 3.12. The molecule has 1 rings (SSSR count). The van der Waals surface area contributed by atoms with E-state index >= 15 is 0 Å². The summed E-state index contributed by atoms with van der Waals surface area (Å²) in [5.74, 6) is 0. The highest BCUT2D eigenvalue weighted by atomic mass is 28.3. The van der Waals surface area contributed by atoms with Crippen LogP contribution < -0.4 is 5.19 Å². The van der Waals surface area contributed by atoms with Crippen LogP contribution in [0.5, 0.6) is 0 Å². The normalized spacial score (nSPS) is 13.5. The van der Waals surface area contributed by atoms with Gasteiger partial charge in [-0.25, -0.2) is 0 Å². The molecule has 0 aliphatic carbocycles. The quantitative estimate of drug-likeness (QED) is 0.490. The van der Waals surface area contributed by atoms with E-state index in [4.69, 9.17) is 0 Å². The van der Waals surface area contributed by atoms with Crippen LogP contribution in [0.3, 0.4) is 0 Å². The molecule has 1 unspecified atom stereocenters. The predicted octanol–water partition coefficient (Wildman–Crippen LogP) is 2.33. The zero-order valence-corrected chi connectivity index (χ0v) is 8.98. The minimum atomic E-state index is -0.665. The maximum atomic E-state index is 2.40. The lowest BCUT2D eigenvalue weighted by atomic mass is 10.4. The Kier molecular flexibility index (Phi) is 3.81. The van der Waals surface area contributed by atoms with Crippen molar-refractivity contribution in [2.75, 3.05) is 0 Å². The fourth-order valence-electron chi connectivity index (χ4n) is 1.26. The van der Waals surface area contributed by atoms with Gasteiger partial charge in [0, 0.05) is 0 Å². The minimum absolute atomic E-state index is 0.665. The predicted molar refractivity (Wildman–Crippen MR) is 58.7 cm³/mol. The lowest BCUT2D eigenvalue weighted by Gasteiger charge is -2.05. The molecule has 1 atom stereocenters. The molecule has 0 fully saturated rings. The van der Waals surface area contributed by atoms with E-state index in [-0.39, 0.29) is 0 Å². The van der Waals surface area contributed by atoms with E-state index in [1.165, 1.54) is 6.04 Å². The topological polar surface area (TPSA) is 0 Å². The number of hydrogen-bond acceptors (Lipinski definition) is 0. The van der Waals surface area contributed by atoms with Crippen LogP contribution in [-0.2, 0) is 0 Å². The van der Waals surface area contributed by atoms with E-state index < -0.39 is 8.80 Å². The Hall–Kier alpha value is -0.823. The molecular weight excluding hydrogens is 160 g/mol. The first-order chi connectivity index (χ1) is 5.84. The third kappa shape index (κ3) is 2.66. The molecule has 0 saturated heterocycles. The van der Waals surface area contributed by atoms with Crippen molar-refractivity contribution in [2.45, 2.75) is 19.5 Å². The standard InChI is InChI=1S/C11H16Si/c1-3-4-10-12(2)11-8-6-5-7-9-11/h3-9,12H,10H2,1-2H3. The Morgan fingerprint density at radius 2 is 1.92 bits per heavy atom. The fourth-order valence-corrected chi connectivity index (χ4v) is 3.09. The molecule has 0 bridgehead atoms. The number of benzene rings is 1. The summed E-state index contributed by atoms with van der Waals surface area (Å²) in [7, 11) is -0.665. The van der Waals surface area contributed by atoms with Crippen LogP contribution in [0.2, 0.25) is 12.6 Å². The smallest absolute Gasteiger partial charge is 0.0714 e. The Morgan fingerprint density at radius 3 is 2.50 bits per heavy atom. The number of allylic oxidation sites excluding steroid dienone is 2. The van der Waals surface area contributed by atoms with Gasteiger partial charge >= 0.3 is 0 Å². The van der Waals surface area contributed by atoms with Crippen LogP contribution >= 0.6 is 0 Å². The summed E-state index contributed by atoms with van der Waals surface area (Å²) in [4.78, 5) is 0. The molecule has 0 N–H and O–H groups in total. The zero-order chi connectivity index (χ0) is 8.81. The van der Waals surface area contributed by atoms with Crippen molar-refractivity contribution < 1.29 is 0 Å². The van der Waals surface area contributed by atoms with E-state index in [0.29, 0.717) is 0 Å². The molecule has 1 heteroatoms. The first-order valence-electron chi connectivity index (χ1n) is 4.50. The Bertz CT molecular complexity index is 238. The third-order valence-corrected chi connectivity index (χ3v) is 4.60. The van der Waals surface area contributed by atoms with Gasteiger partial charge in [-0.2, -0.15) is 0 Å². The van der Waals surface area contributed by atoms with Crippen LogP contribution in [0.4, 0.5) is 0 Å². The van der Waals surface area contributed by atoms with Crippen molar-refractivity contribution >= 4 is 14.0 Å². The van der Waals surface area contributed by atoms with Crippen molar-refractivity contribution in [1.82, 2.24) is 0 Å². The summed E-state index contributed by atoms with van der Waals surface area (Å²) >= 11 is 0. The van der Waals surface area contributed by atoms with Crippen molar-refractivity contribution in [2.24, 2.45) is 0 Å². The highest BCUT2D eigenvalue weighted by Gasteiger charge is 2.02. The highest BCUT2D eigenvalue weighted by molar-refractivity contribution is 6.72. The van der Waals surface area contributed by atoms with Gasteiger partial charge in [0.2, 0.25) is 0 Å². The van der Waals surface area contributed by atoms with Gasteiger partial charge in [-0.05, 0) is 13.0 Å². The summed E-state index contributed by atoms with van der Waals surface area (Å²) < 4.78 is 0. The molecule has 0 spiro atoms. The third-order valence-electron chi connectivity index (χ3n) is 2.09. The molecule has 0 amide bonds. The van der Waals surface area contributed by atoms with E-state index in [2.05, 4.69) is 56.0 Å². The summed E-state index contributed by atoms with van der Waals surface area (Å²) in [6, 6.07) is 12.1. The zero-order valence-electron chi connectivity index (χ0n) is 7.83. The first-order valence-corrected chi connectivity index (χ1v) is 7.05. The minimum Gasteiger partial charge on any atom is -0.0919 e. The first kappa shape index (κ1) is 9.27. The molecule has 0 saturated carbocycles. The lowest BCUT2D eigenvalue weighted by Crippen LogP contribution is -2.24. The lowest BCUT2D eigenvalue weighted by molar-refractivity contribution is 1.57. The Morgan fingerprint density at radius 1 is 1.25 bits per heavy atom. The highest BCUT2D eigenvalue weighted by Crippen LogP contribution is 1.95. The second kappa shape index (κ2) is 4.94. The van der Waals surface area contributed by atoms with Crippen molar-refractivity contribution in [3.8, 4) is 0 Å². The monoisotopic (exact) mass is 176 g/mol. The molecule has 0 aliphatic rings. The van der Waals surface area contributed by atoms with Crippen LogP contribution in [0.25, 0.3) is 0 Å². The van der Waals surface area contributed by atoms with Crippen LogP contribution in [0.1, 0.15) is 6.92 Å². The average molecular weight is 176 g/mol. The Labute approximate surface area is 76.5 Å². The van der Waals surface area contributed by atoms with Crippen molar-refractivity contribution in [3.05, 3.63) is 42.5 Å². The van der Waals surface area contributed by atoms with E-state index in [9.17, 15) is 0 Å². The molecule has 1 aromatic carbocycles. The molecular formula is C11H16Si. The van der Waals surface area contributed by atoms with Gasteiger partial charge in [0.25, 0.3) is 0 Å². The van der Waals surface area contributed by atoms with Gasteiger partial charge in [0.05, 0.1) is 8.80 Å². The molecule has 1 aromatic rings. The number of hydrogen-bond donors (Lipinski definition) is 0. The maximum Gasteiger partial charge on any atom is 0.0714 e. The fraction of sp³-hybridized carbons (Fsp3) is 0.273. The SMILES string of the molecule is CC=CC[SiH](C)c1ccccc1. The van der Waals surface area contributed by atoms with Gasteiger partial charge in [0.15, 0.2) is 0 Å². The summed E-state index contributed by atoms with van der Waals surface area (Å²) in [6.07, 6.45) is 4.43. The van der Waals surface area contributed by atoms with Gasteiger partial charge in [-0.3, -0.25) is 0 Å². The summed E-state index contributed by atoms with van der Waals surface area (Å²) in [5.41, 5.74) is 0. The summed E-state index contributed by atoms with van der Waals surface area (Å²) in [6.45, 7) is 4.49. The van der Waals surface area contributed by atoms with Gasteiger partial charge in [-0.1, -0.05) is 54.2 Å².